The van der Waals surface area contributed by atoms with Gasteiger partial charge in [-0.05, 0) is 6.42 Å². The third kappa shape index (κ3) is 11.0. The van der Waals surface area contributed by atoms with Gasteiger partial charge in [0.1, 0.15) is 6.04 Å². The predicted molar refractivity (Wildman–Crippen MR) is 98.0 cm³/mol. The van der Waals surface area contributed by atoms with Crippen LogP contribution >= 0.6 is 0 Å². The minimum atomic E-state index is -0.776. The molecule has 0 aliphatic carbocycles. The van der Waals surface area contributed by atoms with E-state index < -0.39 is 18.0 Å². The molecule has 0 spiro atoms. The second-order valence-corrected chi connectivity index (χ2v) is 7.11. The SMILES string of the molecule is CCCCCCCCCCCCCCCC(=O)N[C@H]1CC(=O)OC1=O. The lowest BCUT2D eigenvalue weighted by Crippen LogP contribution is -2.37. The Morgan fingerprint density at radius 1 is 0.880 bits per heavy atom. The average Bonchev–Trinajstić information content (AvgIpc) is 2.89. The number of hydrogen-bond acceptors (Lipinski definition) is 4. The van der Waals surface area contributed by atoms with Gasteiger partial charge in [-0.2, -0.15) is 0 Å². The van der Waals surface area contributed by atoms with Crippen molar-refractivity contribution in [3.8, 4) is 0 Å². The number of carbonyl (C=O) groups excluding carboxylic acids is 3. The summed E-state index contributed by atoms with van der Waals surface area (Å²) in [7, 11) is 0. The maximum absolute atomic E-state index is 11.7. The number of carbonyl (C=O) groups is 3. The summed E-state index contributed by atoms with van der Waals surface area (Å²) < 4.78 is 4.40. The molecule has 0 aromatic rings. The van der Waals surface area contributed by atoms with Crippen LogP contribution in [0, 0.1) is 0 Å². The molecule has 0 unspecified atom stereocenters. The predicted octanol–water partition coefficient (Wildman–Crippen LogP) is 4.43. The van der Waals surface area contributed by atoms with Crippen LogP contribution in [0.3, 0.4) is 0 Å². The average molecular weight is 354 g/mol. The molecule has 1 aliphatic heterocycles. The monoisotopic (exact) mass is 353 g/mol. The van der Waals surface area contributed by atoms with Crippen molar-refractivity contribution >= 4 is 17.8 Å². The molecule has 0 radical (unpaired) electrons. The van der Waals surface area contributed by atoms with E-state index in [4.69, 9.17) is 0 Å². The van der Waals surface area contributed by atoms with Crippen LogP contribution in [0.4, 0.5) is 0 Å². The molecule has 1 amide bonds. The lowest BCUT2D eigenvalue weighted by molar-refractivity contribution is -0.153. The Kier molecular flexibility index (Phi) is 12.0. The summed E-state index contributed by atoms with van der Waals surface area (Å²) in [5.41, 5.74) is 0. The van der Waals surface area contributed by atoms with Crippen molar-refractivity contribution in [2.24, 2.45) is 0 Å². The topological polar surface area (TPSA) is 72.5 Å². The second kappa shape index (κ2) is 13.9. The first-order valence-electron chi connectivity index (χ1n) is 10.2. The number of unbranched alkanes of at least 4 members (excludes halogenated alkanes) is 12. The lowest BCUT2D eigenvalue weighted by Gasteiger charge is -2.07. The van der Waals surface area contributed by atoms with Crippen molar-refractivity contribution in [1.29, 1.82) is 0 Å². The summed E-state index contributed by atoms with van der Waals surface area (Å²) in [4.78, 5) is 33.9. The Balaban J connectivity index is 1.83. The number of rotatable bonds is 15. The number of amides is 1. The molecule has 1 aliphatic rings. The van der Waals surface area contributed by atoms with Crippen LogP contribution in [0.1, 0.15) is 103 Å². The molecule has 1 rings (SSSR count). The van der Waals surface area contributed by atoms with E-state index in [0.29, 0.717) is 6.42 Å². The highest BCUT2D eigenvalue weighted by atomic mass is 16.6. The lowest BCUT2D eigenvalue weighted by atomic mass is 10.0. The molecule has 144 valence electrons. The van der Waals surface area contributed by atoms with Gasteiger partial charge >= 0.3 is 11.9 Å². The van der Waals surface area contributed by atoms with E-state index in [-0.39, 0.29) is 12.3 Å². The van der Waals surface area contributed by atoms with Crippen LogP contribution in [-0.4, -0.2) is 23.9 Å². The van der Waals surface area contributed by atoms with Gasteiger partial charge in [-0.15, -0.1) is 0 Å². The quantitative estimate of drug-likeness (QED) is 0.269. The minimum Gasteiger partial charge on any atom is -0.392 e. The summed E-state index contributed by atoms with van der Waals surface area (Å²) in [6, 6.07) is -0.776. The molecule has 0 saturated carbocycles. The van der Waals surface area contributed by atoms with Crippen molar-refractivity contribution in [1.82, 2.24) is 5.32 Å². The number of hydrogen-bond donors (Lipinski definition) is 1. The van der Waals surface area contributed by atoms with Crippen LogP contribution < -0.4 is 5.32 Å². The Morgan fingerprint density at radius 3 is 1.80 bits per heavy atom. The first-order chi connectivity index (χ1) is 12.1. The zero-order valence-corrected chi connectivity index (χ0v) is 15.8. The van der Waals surface area contributed by atoms with Crippen molar-refractivity contribution in [2.45, 2.75) is 109 Å². The van der Waals surface area contributed by atoms with Gasteiger partial charge in [-0.25, -0.2) is 4.79 Å². The van der Waals surface area contributed by atoms with Gasteiger partial charge in [-0.1, -0.05) is 84.0 Å². The number of ether oxygens (including phenoxy) is 1. The summed E-state index contributed by atoms with van der Waals surface area (Å²) in [6.45, 7) is 2.25. The van der Waals surface area contributed by atoms with Gasteiger partial charge in [0.15, 0.2) is 0 Å². The molecule has 0 aromatic carbocycles. The number of esters is 2. The van der Waals surface area contributed by atoms with Crippen molar-refractivity contribution in [3.05, 3.63) is 0 Å². The van der Waals surface area contributed by atoms with Gasteiger partial charge in [0, 0.05) is 6.42 Å². The molecule has 0 bridgehead atoms. The van der Waals surface area contributed by atoms with E-state index in [1.807, 2.05) is 0 Å². The summed E-state index contributed by atoms with van der Waals surface area (Å²) in [6.07, 6.45) is 16.8. The first-order valence-corrected chi connectivity index (χ1v) is 10.2. The van der Waals surface area contributed by atoms with E-state index in [2.05, 4.69) is 17.0 Å². The highest BCUT2D eigenvalue weighted by molar-refractivity contribution is 5.98. The van der Waals surface area contributed by atoms with Gasteiger partial charge in [0.05, 0.1) is 6.42 Å². The highest BCUT2D eigenvalue weighted by Gasteiger charge is 2.34. The van der Waals surface area contributed by atoms with E-state index >= 15 is 0 Å². The third-order valence-corrected chi connectivity index (χ3v) is 4.71. The fraction of sp³-hybridized carbons (Fsp3) is 0.850. The standard InChI is InChI=1S/C20H35NO4/c1-2-3-4-5-6-7-8-9-10-11-12-13-14-15-18(22)21-17-16-19(23)25-20(17)24/h17H,2-16H2,1H3,(H,21,22)/t17-/m0/s1. The zero-order chi connectivity index (χ0) is 18.3. The van der Waals surface area contributed by atoms with Crippen molar-refractivity contribution < 1.29 is 19.1 Å². The van der Waals surface area contributed by atoms with Crippen LogP contribution in [0.5, 0.6) is 0 Å². The molecular weight excluding hydrogens is 318 g/mol. The second-order valence-electron chi connectivity index (χ2n) is 7.11. The molecule has 1 N–H and O–H groups in total. The van der Waals surface area contributed by atoms with E-state index in [1.54, 1.807) is 0 Å². The summed E-state index contributed by atoms with van der Waals surface area (Å²) in [5.74, 6) is -1.36. The molecular formula is C20H35NO4. The van der Waals surface area contributed by atoms with Crippen LogP contribution in [-0.2, 0) is 19.1 Å². The maximum Gasteiger partial charge on any atom is 0.336 e. The van der Waals surface area contributed by atoms with Crippen molar-refractivity contribution in [3.63, 3.8) is 0 Å². The summed E-state index contributed by atoms with van der Waals surface area (Å²) >= 11 is 0. The van der Waals surface area contributed by atoms with Crippen LogP contribution in [0.15, 0.2) is 0 Å². The third-order valence-electron chi connectivity index (χ3n) is 4.71. The van der Waals surface area contributed by atoms with Crippen LogP contribution in [0.25, 0.3) is 0 Å². The Labute approximate surface area is 152 Å². The van der Waals surface area contributed by atoms with E-state index in [1.165, 1.54) is 64.2 Å². The molecule has 5 heteroatoms. The van der Waals surface area contributed by atoms with Gasteiger partial charge in [-0.3, -0.25) is 9.59 Å². The Morgan fingerprint density at radius 2 is 1.36 bits per heavy atom. The molecule has 1 atom stereocenters. The minimum absolute atomic E-state index is 0.0385. The van der Waals surface area contributed by atoms with Gasteiger partial charge in [0.25, 0.3) is 0 Å². The highest BCUT2D eigenvalue weighted by Crippen LogP contribution is 2.13. The first kappa shape index (κ1) is 21.7. The van der Waals surface area contributed by atoms with Crippen LogP contribution in [0.2, 0.25) is 0 Å². The largest absolute Gasteiger partial charge is 0.392 e. The molecule has 0 aromatic heterocycles. The molecule has 1 fully saturated rings. The molecule has 25 heavy (non-hydrogen) atoms. The molecule has 1 heterocycles. The Hall–Kier alpha value is -1.39. The molecule has 5 nitrogen and oxygen atoms in total. The van der Waals surface area contributed by atoms with Gasteiger partial charge < -0.3 is 10.1 Å². The van der Waals surface area contributed by atoms with E-state index in [0.717, 1.165) is 19.3 Å². The van der Waals surface area contributed by atoms with Gasteiger partial charge in [0.2, 0.25) is 5.91 Å². The fourth-order valence-corrected chi connectivity index (χ4v) is 3.15. The normalized spacial score (nSPS) is 16.9. The van der Waals surface area contributed by atoms with Crippen molar-refractivity contribution in [2.75, 3.05) is 0 Å². The van der Waals surface area contributed by atoms with E-state index in [9.17, 15) is 14.4 Å². The summed E-state index contributed by atoms with van der Waals surface area (Å²) in [5, 5.41) is 2.57. The number of cyclic esters (lactones) is 2. The zero-order valence-electron chi connectivity index (χ0n) is 15.8. The fourth-order valence-electron chi connectivity index (χ4n) is 3.15. The Bertz CT molecular complexity index is 409. The smallest absolute Gasteiger partial charge is 0.336 e. The maximum atomic E-state index is 11.7. The number of nitrogens with one attached hydrogen (secondary N) is 1. The molecule has 1 saturated heterocycles.